The lowest BCUT2D eigenvalue weighted by molar-refractivity contribution is 0.227. The van der Waals surface area contributed by atoms with Gasteiger partial charge in [0.25, 0.3) is 0 Å². The molecule has 1 atom stereocenters. The quantitative estimate of drug-likeness (QED) is 0.685. The summed E-state index contributed by atoms with van der Waals surface area (Å²) >= 11 is 0. The Morgan fingerprint density at radius 3 is 3.07 bits per heavy atom. The van der Waals surface area contributed by atoms with Gasteiger partial charge in [-0.25, -0.2) is 4.98 Å². The molecule has 1 unspecified atom stereocenters. The predicted octanol–water partition coefficient (Wildman–Crippen LogP) is 0.863. The second-order valence-electron chi connectivity index (χ2n) is 3.11. The molecule has 0 saturated carbocycles. The molecule has 0 radical (unpaired) electrons. The number of rotatable bonds is 5. The Bertz CT molecular complexity index is 277. The largest absolute Gasteiger partial charge is 0.477 e. The Morgan fingerprint density at radius 1 is 1.64 bits per heavy atom. The van der Waals surface area contributed by atoms with Crippen molar-refractivity contribution in [2.24, 2.45) is 5.73 Å². The van der Waals surface area contributed by atoms with Crippen LogP contribution in [0.25, 0.3) is 0 Å². The van der Waals surface area contributed by atoms with Gasteiger partial charge in [0.1, 0.15) is 0 Å². The van der Waals surface area contributed by atoms with E-state index in [0.29, 0.717) is 18.9 Å². The molecule has 1 rings (SSSR count). The molecular formula is C10H16N2O2. The van der Waals surface area contributed by atoms with E-state index in [-0.39, 0.29) is 12.6 Å². The second kappa shape index (κ2) is 5.57. The van der Waals surface area contributed by atoms with Crippen LogP contribution in [0.5, 0.6) is 5.88 Å². The number of ether oxygens (including phenoxy) is 1. The average molecular weight is 196 g/mol. The standard InChI is InChI=1S/C10H16N2O2/c1-8(11)9-4-2-5-12-10(9)14-7-3-6-13/h2,4-5,8,13H,3,6-7,11H2,1H3. The fourth-order valence-corrected chi connectivity index (χ4v) is 1.10. The van der Waals surface area contributed by atoms with E-state index in [9.17, 15) is 0 Å². The molecule has 4 nitrogen and oxygen atoms in total. The summed E-state index contributed by atoms with van der Waals surface area (Å²) in [6.45, 7) is 2.48. The van der Waals surface area contributed by atoms with E-state index in [1.165, 1.54) is 0 Å². The van der Waals surface area contributed by atoms with Crippen LogP contribution in [-0.4, -0.2) is 23.3 Å². The van der Waals surface area contributed by atoms with Crippen molar-refractivity contribution >= 4 is 0 Å². The van der Waals surface area contributed by atoms with Crippen molar-refractivity contribution in [2.45, 2.75) is 19.4 Å². The third-order valence-corrected chi connectivity index (χ3v) is 1.83. The number of nitrogens with two attached hydrogens (primary N) is 1. The Labute approximate surface area is 83.7 Å². The first-order chi connectivity index (χ1) is 6.75. The van der Waals surface area contributed by atoms with E-state index < -0.39 is 0 Å². The molecular weight excluding hydrogens is 180 g/mol. The molecule has 3 N–H and O–H groups in total. The van der Waals surface area contributed by atoms with Crippen LogP contribution in [0.2, 0.25) is 0 Å². The van der Waals surface area contributed by atoms with Gasteiger partial charge in [-0.3, -0.25) is 0 Å². The van der Waals surface area contributed by atoms with Crippen molar-refractivity contribution in [3.05, 3.63) is 23.9 Å². The van der Waals surface area contributed by atoms with Gasteiger partial charge < -0.3 is 15.6 Å². The normalized spacial score (nSPS) is 12.5. The monoisotopic (exact) mass is 196 g/mol. The topological polar surface area (TPSA) is 68.4 Å². The highest BCUT2D eigenvalue weighted by Crippen LogP contribution is 2.20. The minimum atomic E-state index is -0.0900. The van der Waals surface area contributed by atoms with Gasteiger partial charge in [-0.2, -0.15) is 0 Å². The van der Waals surface area contributed by atoms with Crippen molar-refractivity contribution in [2.75, 3.05) is 13.2 Å². The van der Waals surface area contributed by atoms with Crippen LogP contribution in [-0.2, 0) is 0 Å². The Kier molecular flexibility index (Phi) is 4.35. The molecule has 0 bridgehead atoms. The number of pyridine rings is 1. The average Bonchev–Trinajstić information content (AvgIpc) is 2.19. The number of aliphatic hydroxyl groups is 1. The predicted molar refractivity (Wildman–Crippen MR) is 54.0 cm³/mol. The van der Waals surface area contributed by atoms with Gasteiger partial charge in [-0.15, -0.1) is 0 Å². The Balaban J connectivity index is 2.64. The van der Waals surface area contributed by atoms with Gasteiger partial charge >= 0.3 is 0 Å². The summed E-state index contributed by atoms with van der Waals surface area (Å²) in [7, 11) is 0. The second-order valence-corrected chi connectivity index (χ2v) is 3.11. The first-order valence-electron chi connectivity index (χ1n) is 4.70. The highest BCUT2D eigenvalue weighted by Gasteiger charge is 2.07. The third-order valence-electron chi connectivity index (χ3n) is 1.83. The molecule has 1 aromatic rings. The van der Waals surface area contributed by atoms with E-state index in [4.69, 9.17) is 15.6 Å². The minimum Gasteiger partial charge on any atom is -0.477 e. The number of hydrogen-bond acceptors (Lipinski definition) is 4. The van der Waals surface area contributed by atoms with Gasteiger partial charge in [-0.05, 0) is 13.0 Å². The number of hydrogen-bond donors (Lipinski definition) is 2. The summed E-state index contributed by atoms with van der Waals surface area (Å²) in [5.41, 5.74) is 6.64. The van der Waals surface area contributed by atoms with Crippen molar-refractivity contribution in [3.8, 4) is 5.88 Å². The van der Waals surface area contributed by atoms with E-state index >= 15 is 0 Å². The SMILES string of the molecule is CC(N)c1cccnc1OCCCO. The molecule has 0 aliphatic heterocycles. The molecule has 14 heavy (non-hydrogen) atoms. The summed E-state index contributed by atoms with van der Waals surface area (Å²) < 4.78 is 5.39. The third kappa shape index (κ3) is 2.97. The van der Waals surface area contributed by atoms with Crippen LogP contribution < -0.4 is 10.5 Å². The van der Waals surface area contributed by atoms with Crippen LogP contribution in [0, 0.1) is 0 Å². The van der Waals surface area contributed by atoms with Crippen LogP contribution in [0.1, 0.15) is 24.9 Å². The first-order valence-corrected chi connectivity index (χ1v) is 4.70. The number of nitrogens with zero attached hydrogens (tertiary/aromatic N) is 1. The van der Waals surface area contributed by atoms with Gasteiger partial charge in [0.05, 0.1) is 6.61 Å². The lowest BCUT2D eigenvalue weighted by Gasteiger charge is -2.11. The molecule has 1 heterocycles. The van der Waals surface area contributed by atoms with Gasteiger partial charge in [0.2, 0.25) is 5.88 Å². The number of aliphatic hydroxyl groups excluding tert-OH is 1. The molecule has 0 saturated heterocycles. The molecule has 0 spiro atoms. The van der Waals surface area contributed by atoms with Gasteiger partial charge in [-0.1, -0.05) is 6.07 Å². The van der Waals surface area contributed by atoms with Crippen LogP contribution in [0.4, 0.5) is 0 Å². The fourth-order valence-electron chi connectivity index (χ4n) is 1.10. The number of aromatic nitrogens is 1. The van der Waals surface area contributed by atoms with E-state index in [2.05, 4.69) is 4.98 Å². The maximum absolute atomic E-state index is 8.60. The molecule has 78 valence electrons. The fraction of sp³-hybridized carbons (Fsp3) is 0.500. The van der Waals surface area contributed by atoms with Crippen LogP contribution in [0.15, 0.2) is 18.3 Å². The molecule has 1 aromatic heterocycles. The molecule has 0 aliphatic rings. The van der Waals surface area contributed by atoms with Crippen LogP contribution >= 0.6 is 0 Å². The van der Waals surface area contributed by atoms with E-state index in [1.807, 2.05) is 19.1 Å². The van der Waals surface area contributed by atoms with Crippen molar-refractivity contribution in [1.29, 1.82) is 0 Å². The zero-order valence-electron chi connectivity index (χ0n) is 8.31. The zero-order chi connectivity index (χ0) is 10.4. The van der Waals surface area contributed by atoms with Gasteiger partial charge in [0, 0.05) is 30.8 Å². The molecule has 0 aromatic carbocycles. The summed E-state index contributed by atoms with van der Waals surface area (Å²) in [6, 6.07) is 3.64. The van der Waals surface area contributed by atoms with Crippen molar-refractivity contribution in [1.82, 2.24) is 4.98 Å². The summed E-state index contributed by atoms with van der Waals surface area (Å²) in [4.78, 5) is 4.09. The molecule has 0 amide bonds. The summed E-state index contributed by atoms with van der Waals surface area (Å²) in [6.07, 6.45) is 2.27. The maximum atomic E-state index is 8.60. The maximum Gasteiger partial charge on any atom is 0.218 e. The van der Waals surface area contributed by atoms with Crippen molar-refractivity contribution < 1.29 is 9.84 Å². The smallest absolute Gasteiger partial charge is 0.218 e. The van der Waals surface area contributed by atoms with Crippen LogP contribution in [0.3, 0.4) is 0 Å². The molecule has 4 heteroatoms. The summed E-state index contributed by atoms with van der Waals surface area (Å²) in [5, 5.41) is 8.60. The minimum absolute atomic E-state index is 0.0900. The molecule has 0 aliphatic carbocycles. The Morgan fingerprint density at radius 2 is 2.43 bits per heavy atom. The highest BCUT2D eigenvalue weighted by molar-refractivity contribution is 5.27. The van der Waals surface area contributed by atoms with E-state index in [0.717, 1.165) is 5.56 Å². The van der Waals surface area contributed by atoms with Gasteiger partial charge in [0.15, 0.2) is 0 Å². The zero-order valence-corrected chi connectivity index (χ0v) is 8.31. The first kappa shape index (κ1) is 10.9. The lowest BCUT2D eigenvalue weighted by atomic mass is 10.1. The van der Waals surface area contributed by atoms with Crippen molar-refractivity contribution in [3.63, 3.8) is 0 Å². The Hall–Kier alpha value is -1.13. The summed E-state index contributed by atoms with van der Waals surface area (Å²) in [5.74, 6) is 0.566. The highest BCUT2D eigenvalue weighted by atomic mass is 16.5. The lowest BCUT2D eigenvalue weighted by Crippen LogP contribution is -2.10. The molecule has 0 fully saturated rings. The van der Waals surface area contributed by atoms with E-state index in [1.54, 1.807) is 6.20 Å².